The number of piperazine rings is 1. The van der Waals surface area contributed by atoms with E-state index < -0.39 is 0 Å². The lowest BCUT2D eigenvalue weighted by Crippen LogP contribution is -2.47. The second-order valence-corrected chi connectivity index (χ2v) is 7.12. The molecule has 0 bridgehead atoms. The van der Waals surface area contributed by atoms with Crippen molar-refractivity contribution in [1.82, 2.24) is 9.80 Å². The first-order chi connectivity index (χ1) is 11.8. The Hall–Kier alpha value is -1.72. The van der Waals surface area contributed by atoms with Gasteiger partial charge < -0.3 is 14.5 Å². The van der Waals surface area contributed by atoms with E-state index in [1.807, 2.05) is 30.5 Å². The summed E-state index contributed by atoms with van der Waals surface area (Å²) >= 11 is 0. The number of hydrogen-bond acceptors (Lipinski definition) is 4. The van der Waals surface area contributed by atoms with Crippen LogP contribution in [0.15, 0.2) is 24.3 Å². The van der Waals surface area contributed by atoms with Crippen molar-refractivity contribution < 1.29 is 14.1 Å². The van der Waals surface area contributed by atoms with Crippen LogP contribution in [0.5, 0.6) is 5.75 Å². The number of carbonyl (C=O) groups is 1. The monoisotopic (exact) mass is 328 g/mol. The molecule has 0 unspecified atom stereocenters. The number of rotatable bonds is 6. The van der Waals surface area contributed by atoms with Gasteiger partial charge in [0.25, 0.3) is 5.69 Å². The molecule has 2 heterocycles. The summed E-state index contributed by atoms with van der Waals surface area (Å²) < 4.78 is 6.90. The molecule has 1 saturated carbocycles. The van der Waals surface area contributed by atoms with Gasteiger partial charge in [0.1, 0.15) is 0 Å². The lowest BCUT2D eigenvalue weighted by molar-refractivity contribution is -0.330. The molecule has 1 amide bonds. The normalized spacial score (nSPS) is 23.5. The van der Waals surface area contributed by atoms with Crippen LogP contribution in [0.25, 0.3) is 0 Å². The lowest BCUT2D eigenvalue weighted by Gasteiger charge is -2.34. The molecule has 5 nitrogen and oxygen atoms in total. The van der Waals surface area contributed by atoms with Crippen molar-refractivity contribution in [2.24, 2.45) is 5.92 Å². The number of ether oxygens (including phenoxy) is 1. The third-order valence-electron chi connectivity index (χ3n) is 5.19. The highest BCUT2D eigenvalue weighted by Crippen LogP contribution is 2.32. The predicted octanol–water partition coefficient (Wildman–Crippen LogP) is 2.72. The van der Waals surface area contributed by atoms with Crippen LogP contribution in [0.4, 0.5) is 10.5 Å². The minimum absolute atomic E-state index is 0.287. The van der Waals surface area contributed by atoms with Crippen molar-refractivity contribution in [1.29, 1.82) is 0 Å². The third-order valence-corrected chi connectivity index (χ3v) is 5.19. The van der Waals surface area contributed by atoms with Gasteiger partial charge in [0.15, 0.2) is 6.21 Å². The van der Waals surface area contributed by atoms with Crippen LogP contribution >= 0.6 is 0 Å². The van der Waals surface area contributed by atoms with Crippen LogP contribution in [0.1, 0.15) is 25.7 Å². The zero-order valence-corrected chi connectivity index (χ0v) is 14.2. The first-order valence-corrected chi connectivity index (χ1v) is 9.18. The fourth-order valence-electron chi connectivity index (χ4n) is 3.55. The lowest BCUT2D eigenvalue weighted by atomic mass is 10.2. The Bertz CT molecular complexity index is 631. The molecule has 1 aliphatic carbocycles. The number of fused-ring (bicyclic) bond motifs is 1. The van der Waals surface area contributed by atoms with Crippen LogP contribution in [0, 0.1) is 5.92 Å². The summed E-state index contributed by atoms with van der Waals surface area (Å²) in [5, 5.41) is 0. The Kier molecular flexibility index (Phi) is 4.63. The SMILES string of the molecule is O=C1Oc2ccccc2[N+]1=CCCCN1CCN(CC2CC2)CC1. The van der Waals surface area contributed by atoms with E-state index in [-0.39, 0.29) is 6.09 Å². The van der Waals surface area contributed by atoms with Crippen molar-refractivity contribution >= 4 is 18.0 Å². The number of unbranched alkanes of at least 4 members (excludes halogenated alkanes) is 1. The molecule has 5 heteroatoms. The minimum atomic E-state index is -0.287. The highest BCUT2D eigenvalue weighted by molar-refractivity contribution is 5.78. The number of hydrogen-bond donors (Lipinski definition) is 0. The molecule has 1 aromatic rings. The molecule has 2 aliphatic heterocycles. The first kappa shape index (κ1) is 15.8. The van der Waals surface area contributed by atoms with Gasteiger partial charge in [0.05, 0.1) is 0 Å². The molecule has 128 valence electrons. The van der Waals surface area contributed by atoms with Crippen molar-refractivity contribution in [3.63, 3.8) is 0 Å². The zero-order valence-electron chi connectivity index (χ0n) is 14.2. The molecule has 4 rings (SSSR count). The van der Waals surface area contributed by atoms with Crippen molar-refractivity contribution in [2.45, 2.75) is 25.7 Å². The van der Waals surface area contributed by atoms with Gasteiger partial charge in [0, 0.05) is 45.2 Å². The number of amides is 1. The Morgan fingerprint density at radius 1 is 1.12 bits per heavy atom. The van der Waals surface area contributed by atoms with Crippen molar-refractivity contribution in [3.8, 4) is 5.75 Å². The van der Waals surface area contributed by atoms with E-state index >= 15 is 0 Å². The Morgan fingerprint density at radius 3 is 2.67 bits per heavy atom. The van der Waals surface area contributed by atoms with Gasteiger partial charge in [-0.05, 0) is 37.8 Å². The van der Waals surface area contributed by atoms with Gasteiger partial charge in [0.2, 0.25) is 5.75 Å². The van der Waals surface area contributed by atoms with E-state index in [0.717, 1.165) is 31.0 Å². The fraction of sp³-hybridized carbons (Fsp3) is 0.579. The molecule has 24 heavy (non-hydrogen) atoms. The summed E-state index contributed by atoms with van der Waals surface area (Å²) in [6.07, 6.45) is 6.54. The number of nitrogens with zero attached hydrogens (tertiary/aromatic N) is 3. The fourth-order valence-corrected chi connectivity index (χ4v) is 3.55. The topological polar surface area (TPSA) is 35.8 Å². The van der Waals surface area contributed by atoms with Crippen LogP contribution < -0.4 is 4.74 Å². The molecule has 0 atom stereocenters. The van der Waals surface area contributed by atoms with Gasteiger partial charge >= 0.3 is 6.09 Å². The molecule has 3 aliphatic rings. The van der Waals surface area contributed by atoms with Gasteiger partial charge in [-0.15, -0.1) is 0 Å². The molecule has 0 aromatic heterocycles. The molecule has 0 radical (unpaired) electrons. The summed E-state index contributed by atoms with van der Waals surface area (Å²) in [4.78, 5) is 17.1. The Morgan fingerprint density at radius 2 is 1.88 bits per heavy atom. The number of benzene rings is 1. The molecule has 2 fully saturated rings. The second-order valence-electron chi connectivity index (χ2n) is 7.12. The van der Waals surface area contributed by atoms with E-state index in [1.165, 1.54) is 45.6 Å². The van der Waals surface area contributed by atoms with Crippen LogP contribution in [-0.4, -0.2) is 66.0 Å². The third kappa shape index (κ3) is 3.68. The largest absolute Gasteiger partial charge is 0.608 e. The molecule has 0 spiro atoms. The Balaban J connectivity index is 1.21. The molecule has 1 saturated heterocycles. The summed E-state index contributed by atoms with van der Waals surface area (Å²) in [6.45, 7) is 7.22. The minimum Gasteiger partial charge on any atom is -0.365 e. The molecular weight excluding hydrogens is 302 g/mol. The van der Waals surface area contributed by atoms with E-state index in [4.69, 9.17) is 4.74 Å². The molecule has 0 N–H and O–H groups in total. The first-order valence-electron chi connectivity index (χ1n) is 9.18. The second kappa shape index (κ2) is 7.03. The van der Waals surface area contributed by atoms with E-state index in [2.05, 4.69) is 9.80 Å². The average Bonchev–Trinajstić information content (AvgIpc) is 3.35. The number of para-hydroxylation sites is 2. The quantitative estimate of drug-likeness (QED) is 0.594. The smallest absolute Gasteiger partial charge is 0.365 e. The van der Waals surface area contributed by atoms with Crippen molar-refractivity contribution in [2.75, 3.05) is 39.3 Å². The van der Waals surface area contributed by atoms with Crippen LogP contribution in [0.3, 0.4) is 0 Å². The highest BCUT2D eigenvalue weighted by Gasteiger charge is 2.35. The van der Waals surface area contributed by atoms with E-state index in [1.54, 1.807) is 4.58 Å². The average molecular weight is 328 g/mol. The maximum atomic E-state index is 11.9. The highest BCUT2D eigenvalue weighted by atomic mass is 16.6. The number of carbonyl (C=O) groups excluding carboxylic acids is 1. The maximum absolute atomic E-state index is 11.9. The van der Waals surface area contributed by atoms with E-state index in [0.29, 0.717) is 5.75 Å². The maximum Gasteiger partial charge on any atom is 0.608 e. The predicted molar refractivity (Wildman–Crippen MR) is 93.3 cm³/mol. The summed E-state index contributed by atoms with van der Waals surface area (Å²) in [6, 6.07) is 7.58. The zero-order chi connectivity index (χ0) is 16.4. The Labute approximate surface area is 143 Å². The van der Waals surface area contributed by atoms with Crippen LogP contribution in [-0.2, 0) is 0 Å². The van der Waals surface area contributed by atoms with Gasteiger partial charge in [-0.3, -0.25) is 0 Å². The summed E-state index contributed by atoms with van der Waals surface area (Å²) in [5.41, 5.74) is 0.858. The molecule has 1 aromatic carbocycles. The van der Waals surface area contributed by atoms with Gasteiger partial charge in [-0.25, -0.2) is 0 Å². The summed E-state index contributed by atoms with van der Waals surface area (Å²) in [5.74, 6) is 1.65. The van der Waals surface area contributed by atoms with E-state index in [9.17, 15) is 4.79 Å². The molecular formula is C19H26N3O2+. The standard InChI is InChI=1S/C19H26N3O2/c23-19-22(17-5-1-2-6-18(17)24-19)10-4-3-9-20-11-13-21(14-12-20)15-16-7-8-16/h1-2,5-6,10,16H,3-4,7-9,11-15H2/q+1. The van der Waals surface area contributed by atoms with Gasteiger partial charge in [-0.2, -0.15) is 4.79 Å². The van der Waals surface area contributed by atoms with Crippen molar-refractivity contribution in [3.05, 3.63) is 24.3 Å². The summed E-state index contributed by atoms with van der Waals surface area (Å²) in [7, 11) is 0. The van der Waals surface area contributed by atoms with Crippen LogP contribution in [0.2, 0.25) is 0 Å². The van der Waals surface area contributed by atoms with Gasteiger partial charge in [-0.1, -0.05) is 16.7 Å².